The predicted octanol–water partition coefficient (Wildman–Crippen LogP) is 4.19. The van der Waals surface area contributed by atoms with Crippen molar-refractivity contribution in [3.05, 3.63) is 33.8 Å². The highest BCUT2D eigenvalue weighted by Gasteiger charge is 2.22. The Morgan fingerprint density at radius 3 is 2.58 bits per heavy atom. The van der Waals surface area contributed by atoms with Crippen molar-refractivity contribution < 1.29 is 13.5 Å². The van der Waals surface area contributed by atoms with E-state index in [2.05, 4.69) is 21.2 Å². The van der Waals surface area contributed by atoms with Crippen LogP contribution in [0.5, 0.6) is 0 Å². The lowest BCUT2D eigenvalue weighted by Crippen LogP contribution is -2.29. The summed E-state index contributed by atoms with van der Waals surface area (Å²) in [5, 5.41) is 3.12. The van der Waals surface area contributed by atoms with E-state index < -0.39 is 17.7 Å². The van der Waals surface area contributed by atoms with Crippen LogP contribution in [0, 0.1) is 11.6 Å². The molecule has 0 saturated carbocycles. The van der Waals surface area contributed by atoms with Crippen LogP contribution in [-0.2, 0) is 4.74 Å². The maximum Gasteiger partial charge on any atom is 0.145 e. The summed E-state index contributed by atoms with van der Waals surface area (Å²) in [5.41, 5.74) is 0.0310. The molecule has 0 fully saturated rings. The van der Waals surface area contributed by atoms with Crippen LogP contribution in [0.15, 0.2) is 16.6 Å². The van der Waals surface area contributed by atoms with Crippen molar-refractivity contribution in [1.82, 2.24) is 5.32 Å². The lowest BCUT2D eigenvalue weighted by molar-refractivity contribution is 0.0596. The molecule has 1 rings (SSSR count). The zero-order chi connectivity index (χ0) is 14.4. The first-order valence-electron chi connectivity index (χ1n) is 6.45. The summed E-state index contributed by atoms with van der Waals surface area (Å²) >= 11 is 3.09. The SMILES string of the molecule is CCCNC(COC(C)C)c1c(F)ccc(Br)c1F. The fourth-order valence-electron chi connectivity index (χ4n) is 1.71. The Morgan fingerprint density at radius 2 is 2.00 bits per heavy atom. The van der Waals surface area contributed by atoms with Crippen LogP contribution in [0.2, 0.25) is 0 Å². The molecule has 108 valence electrons. The smallest absolute Gasteiger partial charge is 0.145 e. The average Bonchev–Trinajstić information content (AvgIpc) is 2.36. The number of halogens is 3. The van der Waals surface area contributed by atoms with E-state index in [0.717, 1.165) is 6.42 Å². The van der Waals surface area contributed by atoms with E-state index in [9.17, 15) is 8.78 Å². The molecule has 1 aromatic carbocycles. The van der Waals surface area contributed by atoms with Gasteiger partial charge >= 0.3 is 0 Å². The number of hydrogen-bond donors (Lipinski definition) is 1. The largest absolute Gasteiger partial charge is 0.377 e. The molecule has 2 nitrogen and oxygen atoms in total. The first-order valence-corrected chi connectivity index (χ1v) is 7.25. The number of ether oxygens (including phenoxy) is 1. The third-order valence-electron chi connectivity index (χ3n) is 2.66. The topological polar surface area (TPSA) is 21.3 Å². The van der Waals surface area contributed by atoms with E-state index in [1.54, 1.807) is 0 Å². The molecule has 5 heteroatoms. The molecule has 0 aliphatic rings. The van der Waals surface area contributed by atoms with Crippen molar-refractivity contribution in [2.24, 2.45) is 0 Å². The van der Waals surface area contributed by atoms with Crippen LogP contribution in [-0.4, -0.2) is 19.3 Å². The van der Waals surface area contributed by atoms with Gasteiger partial charge in [-0.25, -0.2) is 8.78 Å². The Morgan fingerprint density at radius 1 is 1.32 bits per heavy atom. The third kappa shape index (κ3) is 4.82. The highest BCUT2D eigenvalue weighted by molar-refractivity contribution is 9.10. The van der Waals surface area contributed by atoms with Gasteiger partial charge in [-0.3, -0.25) is 0 Å². The van der Waals surface area contributed by atoms with E-state index in [-0.39, 0.29) is 22.7 Å². The third-order valence-corrected chi connectivity index (χ3v) is 3.28. The van der Waals surface area contributed by atoms with Gasteiger partial charge in [-0.05, 0) is 54.9 Å². The summed E-state index contributed by atoms with van der Waals surface area (Å²) in [6.45, 7) is 6.70. The molecule has 0 amide bonds. The van der Waals surface area contributed by atoms with Crippen LogP contribution >= 0.6 is 15.9 Å². The second kappa shape index (κ2) is 7.92. The summed E-state index contributed by atoms with van der Waals surface area (Å²) in [4.78, 5) is 0. The molecule has 0 spiro atoms. The van der Waals surface area contributed by atoms with Gasteiger partial charge in [0, 0.05) is 5.56 Å². The molecule has 0 heterocycles. The summed E-state index contributed by atoms with van der Waals surface area (Å²) in [7, 11) is 0. The molecule has 0 aromatic heterocycles. The number of benzene rings is 1. The molecule has 1 unspecified atom stereocenters. The van der Waals surface area contributed by atoms with Gasteiger partial charge in [0.25, 0.3) is 0 Å². The lowest BCUT2D eigenvalue weighted by atomic mass is 10.1. The molecule has 1 aromatic rings. The van der Waals surface area contributed by atoms with Crippen LogP contribution < -0.4 is 5.32 Å². The van der Waals surface area contributed by atoms with Gasteiger partial charge in [0.15, 0.2) is 0 Å². The van der Waals surface area contributed by atoms with E-state index in [1.807, 2.05) is 20.8 Å². The Labute approximate surface area is 121 Å². The van der Waals surface area contributed by atoms with Gasteiger partial charge in [0.2, 0.25) is 0 Å². The summed E-state index contributed by atoms with van der Waals surface area (Å²) in [5.74, 6) is -1.12. The van der Waals surface area contributed by atoms with Crippen LogP contribution in [0.3, 0.4) is 0 Å². The minimum absolute atomic E-state index is 0.0178. The molecule has 0 bridgehead atoms. The fourth-order valence-corrected chi connectivity index (χ4v) is 2.06. The van der Waals surface area contributed by atoms with Gasteiger partial charge in [-0.2, -0.15) is 0 Å². The first-order chi connectivity index (χ1) is 8.97. The number of hydrogen-bond acceptors (Lipinski definition) is 2. The number of rotatable bonds is 7. The average molecular weight is 336 g/mol. The van der Waals surface area contributed by atoms with Crippen molar-refractivity contribution in [2.75, 3.05) is 13.2 Å². The lowest BCUT2D eigenvalue weighted by Gasteiger charge is -2.22. The van der Waals surface area contributed by atoms with Gasteiger partial charge < -0.3 is 10.1 Å². The molecule has 0 aliphatic heterocycles. The van der Waals surface area contributed by atoms with Crippen molar-refractivity contribution in [3.8, 4) is 0 Å². The van der Waals surface area contributed by atoms with Crippen LogP contribution in [0.25, 0.3) is 0 Å². The first kappa shape index (κ1) is 16.5. The minimum atomic E-state index is -0.569. The monoisotopic (exact) mass is 335 g/mol. The molecule has 19 heavy (non-hydrogen) atoms. The molecule has 0 aliphatic carbocycles. The van der Waals surface area contributed by atoms with Crippen molar-refractivity contribution in [2.45, 2.75) is 39.3 Å². The van der Waals surface area contributed by atoms with Gasteiger partial charge in [0.05, 0.1) is 23.2 Å². The molecule has 0 radical (unpaired) electrons. The zero-order valence-electron chi connectivity index (χ0n) is 11.5. The zero-order valence-corrected chi connectivity index (χ0v) is 13.1. The summed E-state index contributed by atoms with van der Waals surface area (Å²) in [6.07, 6.45) is 0.902. The molecular formula is C14H20BrF2NO. The van der Waals surface area contributed by atoms with Crippen LogP contribution in [0.4, 0.5) is 8.78 Å². The molecule has 1 atom stereocenters. The normalized spacial score (nSPS) is 13.0. The molecule has 1 N–H and O–H groups in total. The predicted molar refractivity (Wildman–Crippen MR) is 76.2 cm³/mol. The van der Waals surface area contributed by atoms with E-state index in [0.29, 0.717) is 6.54 Å². The van der Waals surface area contributed by atoms with Crippen LogP contribution in [0.1, 0.15) is 38.8 Å². The highest BCUT2D eigenvalue weighted by Crippen LogP contribution is 2.27. The Balaban J connectivity index is 2.98. The summed E-state index contributed by atoms with van der Waals surface area (Å²) in [6, 6.07) is 2.15. The van der Waals surface area contributed by atoms with Gasteiger partial charge in [0.1, 0.15) is 11.6 Å². The standard InChI is InChI=1S/C14H20BrF2NO/c1-4-7-18-12(8-19-9(2)3)13-11(16)6-5-10(15)14(13)17/h5-6,9,12,18H,4,7-8H2,1-3H3. The highest BCUT2D eigenvalue weighted by atomic mass is 79.9. The number of nitrogens with one attached hydrogen (secondary N) is 1. The summed E-state index contributed by atoms with van der Waals surface area (Å²) < 4.78 is 33.7. The maximum absolute atomic E-state index is 14.1. The Kier molecular flexibility index (Phi) is 6.89. The maximum atomic E-state index is 14.1. The molecule has 0 saturated heterocycles. The minimum Gasteiger partial charge on any atom is -0.377 e. The van der Waals surface area contributed by atoms with E-state index in [1.165, 1.54) is 12.1 Å². The molecular weight excluding hydrogens is 316 g/mol. The quantitative estimate of drug-likeness (QED) is 0.754. The van der Waals surface area contributed by atoms with E-state index in [4.69, 9.17) is 4.74 Å². The fraction of sp³-hybridized carbons (Fsp3) is 0.571. The van der Waals surface area contributed by atoms with E-state index >= 15 is 0 Å². The van der Waals surface area contributed by atoms with Gasteiger partial charge in [-0.15, -0.1) is 0 Å². The van der Waals surface area contributed by atoms with Crippen molar-refractivity contribution in [3.63, 3.8) is 0 Å². The van der Waals surface area contributed by atoms with Crippen molar-refractivity contribution in [1.29, 1.82) is 0 Å². The second-order valence-electron chi connectivity index (χ2n) is 4.65. The second-order valence-corrected chi connectivity index (χ2v) is 5.50. The Hall–Kier alpha value is -0.520. The van der Waals surface area contributed by atoms with Crippen molar-refractivity contribution >= 4 is 15.9 Å². The Bertz CT molecular complexity index is 413. The van der Waals surface area contributed by atoms with Gasteiger partial charge in [-0.1, -0.05) is 6.92 Å².